The normalized spacial score (nSPS) is 13.4. The van der Waals surface area contributed by atoms with Crippen LogP contribution in [0.4, 0.5) is 20.9 Å². The lowest BCUT2D eigenvalue weighted by molar-refractivity contribution is -0.114. The van der Waals surface area contributed by atoms with E-state index in [1.807, 2.05) is 0 Å². The maximum absolute atomic E-state index is 14.5. The van der Waals surface area contributed by atoms with E-state index in [0.29, 0.717) is 47.2 Å². The molecule has 1 aliphatic heterocycles. The second kappa shape index (κ2) is 8.91. The molecule has 2 amide bonds. The van der Waals surface area contributed by atoms with Crippen molar-refractivity contribution in [2.24, 2.45) is 0 Å². The zero-order chi connectivity index (χ0) is 23.8. The first-order valence-corrected chi connectivity index (χ1v) is 12.8. The number of hydrogen-bond donors (Lipinski definition) is 2. The van der Waals surface area contributed by atoms with E-state index in [1.165, 1.54) is 29.6 Å². The Morgan fingerprint density at radius 3 is 2.64 bits per heavy atom. The Hall–Kier alpha value is -3.31. The molecule has 8 nitrogen and oxygen atoms in total. The van der Waals surface area contributed by atoms with Gasteiger partial charge < -0.3 is 5.32 Å². The summed E-state index contributed by atoms with van der Waals surface area (Å²) in [5.74, 6) is -1.24. The summed E-state index contributed by atoms with van der Waals surface area (Å²) in [5.41, 5.74) is 2.71. The number of fused-ring (bicyclic) bond motifs is 1. The van der Waals surface area contributed by atoms with Crippen LogP contribution in [-0.2, 0) is 21.2 Å². The third-order valence-corrected chi connectivity index (χ3v) is 7.05. The standard InChI is InChI=1S/C22H21FN4O4S2/c1-13(28)24-16-6-7-17(18(23)11-16)19-12-32-22(25-19)26-21(29)15-5-8-20-14(10-15)4-3-9-27(20)33(2,30)31/h5-8,10-12H,3-4,9H2,1-2H3,(H,24,28)(H,25,26,29). The summed E-state index contributed by atoms with van der Waals surface area (Å²) in [6.07, 6.45) is 2.52. The van der Waals surface area contributed by atoms with Crippen LogP contribution < -0.4 is 14.9 Å². The van der Waals surface area contributed by atoms with E-state index in [-0.39, 0.29) is 11.5 Å². The minimum absolute atomic E-state index is 0.246. The highest BCUT2D eigenvalue weighted by Crippen LogP contribution is 2.31. The van der Waals surface area contributed by atoms with Gasteiger partial charge in [0.25, 0.3) is 5.91 Å². The van der Waals surface area contributed by atoms with Crippen LogP contribution in [0.1, 0.15) is 29.3 Å². The zero-order valence-corrected chi connectivity index (χ0v) is 19.5. The molecule has 3 aromatic rings. The summed E-state index contributed by atoms with van der Waals surface area (Å²) in [5, 5.41) is 7.16. The molecule has 11 heteroatoms. The fraction of sp³-hybridized carbons (Fsp3) is 0.227. The Morgan fingerprint density at radius 1 is 1.15 bits per heavy atom. The highest BCUT2D eigenvalue weighted by molar-refractivity contribution is 7.92. The van der Waals surface area contributed by atoms with Crippen LogP contribution in [-0.4, -0.2) is 38.0 Å². The Balaban J connectivity index is 1.51. The first-order chi connectivity index (χ1) is 15.6. The van der Waals surface area contributed by atoms with Crippen molar-refractivity contribution in [3.05, 3.63) is 58.7 Å². The molecule has 4 rings (SSSR count). The quantitative estimate of drug-likeness (QED) is 0.567. The first kappa shape index (κ1) is 22.9. The second-order valence-corrected chi connectivity index (χ2v) is 10.4. The lowest BCUT2D eigenvalue weighted by atomic mass is 10.0. The van der Waals surface area contributed by atoms with Gasteiger partial charge in [-0.15, -0.1) is 11.3 Å². The summed E-state index contributed by atoms with van der Waals surface area (Å²) < 4.78 is 39.9. The maximum Gasteiger partial charge on any atom is 0.257 e. The number of hydrogen-bond acceptors (Lipinski definition) is 6. The Kier molecular flexibility index (Phi) is 6.17. The zero-order valence-electron chi connectivity index (χ0n) is 17.9. The molecule has 1 aliphatic rings. The van der Waals surface area contributed by atoms with Gasteiger partial charge in [-0.3, -0.25) is 19.2 Å². The van der Waals surface area contributed by atoms with E-state index in [9.17, 15) is 22.4 Å². The third-order valence-electron chi connectivity index (χ3n) is 5.11. The lowest BCUT2D eigenvalue weighted by Crippen LogP contribution is -2.34. The molecular weight excluding hydrogens is 467 g/mol. The number of nitrogens with zero attached hydrogens (tertiary/aromatic N) is 2. The van der Waals surface area contributed by atoms with Crippen LogP contribution >= 0.6 is 11.3 Å². The fourth-order valence-electron chi connectivity index (χ4n) is 3.68. The summed E-state index contributed by atoms with van der Waals surface area (Å²) >= 11 is 1.16. The van der Waals surface area contributed by atoms with Crippen LogP contribution in [0, 0.1) is 5.82 Å². The van der Waals surface area contributed by atoms with E-state index in [4.69, 9.17) is 0 Å². The molecule has 0 aliphatic carbocycles. The predicted octanol–water partition coefficient (Wildman–Crippen LogP) is 3.87. The Morgan fingerprint density at radius 2 is 1.94 bits per heavy atom. The number of carbonyl (C=O) groups is 2. The summed E-state index contributed by atoms with van der Waals surface area (Å²) in [6, 6.07) is 9.21. The Labute approximate surface area is 194 Å². The van der Waals surface area contributed by atoms with Gasteiger partial charge >= 0.3 is 0 Å². The van der Waals surface area contributed by atoms with Gasteiger partial charge in [-0.2, -0.15) is 0 Å². The number of thiazole rings is 1. The van der Waals surface area contributed by atoms with Gasteiger partial charge in [-0.1, -0.05) is 0 Å². The molecule has 172 valence electrons. The van der Waals surface area contributed by atoms with Crippen LogP contribution in [0.15, 0.2) is 41.8 Å². The van der Waals surface area contributed by atoms with Gasteiger partial charge in [0.15, 0.2) is 5.13 Å². The van der Waals surface area contributed by atoms with Crippen molar-refractivity contribution in [2.75, 3.05) is 27.7 Å². The molecule has 2 N–H and O–H groups in total. The van der Waals surface area contributed by atoms with E-state index < -0.39 is 21.7 Å². The van der Waals surface area contributed by atoms with Gasteiger partial charge in [0.05, 0.1) is 17.6 Å². The van der Waals surface area contributed by atoms with Crippen LogP contribution in [0.5, 0.6) is 0 Å². The number of aromatic nitrogens is 1. The number of amides is 2. The average molecular weight is 489 g/mol. The number of anilines is 3. The van der Waals surface area contributed by atoms with Crippen LogP contribution in [0.2, 0.25) is 0 Å². The lowest BCUT2D eigenvalue weighted by Gasteiger charge is -2.29. The third kappa shape index (κ3) is 5.04. The van der Waals surface area contributed by atoms with Crippen molar-refractivity contribution in [3.8, 4) is 11.3 Å². The second-order valence-electron chi connectivity index (χ2n) is 7.65. The number of benzene rings is 2. The number of carbonyl (C=O) groups excluding carboxylic acids is 2. The fourth-order valence-corrected chi connectivity index (χ4v) is 5.38. The molecule has 0 saturated carbocycles. The molecule has 0 atom stereocenters. The SMILES string of the molecule is CC(=O)Nc1ccc(-c2csc(NC(=O)c3ccc4c(c3)CCCN4S(C)(=O)=O)n2)c(F)c1. The molecule has 0 fully saturated rings. The number of rotatable bonds is 5. The van der Waals surface area contributed by atoms with Crippen molar-refractivity contribution in [3.63, 3.8) is 0 Å². The van der Waals surface area contributed by atoms with E-state index >= 15 is 0 Å². The summed E-state index contributed by atoms with van der Waals surface area (Å²) in [7, 11) is -3.38. The Bertz CT molecular complexity index is 1350. The molecule has 0 saturated heterocycles. The molecule has 2 heterocycles. The topological polar surface area (TPSA) is 108 Å². The van der Waals surface area contributed by atoms with Gasteiger partial charge in [-0.05, 0) is 54.8 Å². The van der Waals surface area contributed by atoms with Crippen LogP contribution in [0.25, 0.3) is 11.3 Å². The van der Waals surface area contributed by atoms with E-state index in [2.05, 4.69) is 15.6 Å². The highest BCUT2D eigenvalue weighted by atomic mass is 32.2. The van der Waals surface area contributed by atoms with E-state index in [0.717, 1.165) is 16.9 Å². The minimum atomic E-state index is -3.38. The molecule has 1 aromatic heterocycles. The molecule has 0 spiro atoms. The van der Waals surface area contributed by atoms with Crippen molar-refractivity contribution in [2.45, 2.75) is 19.8 Å². The van der Waals surface area contributed by atoms with Crippen molar-refractivity contribution < 1.29 is 22.4 Å². The molecule has 0 radical (unpaired) electrons. The average Bonchev–Trinajstić information content (AvgIpc) is 3.20. The molecular formula is C22H21FN4O4S2. The van der Waals surface area contributed by atoms with Crippen molar-refractivity contribution in [1.82, 2.24) is 4.98 Å². The first-order valence-electron chi connectivity index (χ1n) is 10.1. The largest absolute Gasteiger partial charge is 0.326 e. The maximum atomic E-state index is 14.5. The highest BCUT2D eigenvalue weighted by Gasteiger charge is 2.25. The number of nitrogens with one attached hydrogen (secondary N) is 2. The summed E-state index contributed by atoms with van der Waals surface area (Å²) in [6.45, 7) is 1.76. The number of halogens is 1. The molecule has 2 aromatic carbocycles. The van der Waals surface area contributed by atoms with Crippen LogP contribution in [0.3, 0.4) is 0 Å². The van der Waals surface area contributed by atoms with Crippen molar-refractivity contribution >= 4 is 49.7 Å². The smallest absolute Gasteiger partial charge is 0.257 e. The van der Waals surface area contributed by atoms with Gasteiger partial charge in [0, 0.05) is 35.7 Å². The number of aryl methyl sites for hydroxylation is 1. The monoisotopic (exact) mass is 488 g/mol. The predicted molar refractivity (Wildman–Crippen MR) is 127 cm³/mol. The van der Waals surface area contributed by atoms with Gasteiger partial charge in [0.2, 0.25) is 15.9 Å². The number of sulfonamides is 1. The molecule has 0 bridgehead atoms. The molecule has 33 heavy (non-hydrogen) atoms. The van der Waals surface area contributed by atoms with E-state index in [1.54, 1.807) is 29.6 Å². The van der Waals surface area contributed by atoms with Gasteiger partial charge in [-0.25, -0.2) is 17.8 Å². The van der Waals surface area contributed by atoms with Crippen molar-refractivity contribution in [1.29, 1.82) is 0 Å². The van der Waals surface area contributed by atoms with Gasteiger partial charge in [0.1, 0.15) is 5.82 Å². The minimum Gasteiger partial charge on any atom is -0.326 e. The summed E-state index contributed by atoms with van der Waals surface area (Å²) in [4.78, 5) is 28.2. The molecule has 0 unspecified atom stereocenters.